The number of nitrogens with zero attached hydrogens (tertiary/aromatic N) is 1. The molecular formula is C31H58N2O4. The van der Waals surface area contributed by atoms with Crippen molar-refractivity contribution in [2.24, 2.45) is 0 Å². The van der Waals surface area contributed by atoms with E-state index >= 15 is 0 Å². The standard InChI is InChI=1S/C31H58N2O4/c1-7-8-9-10-11-12-13-14-15-16-17-18-19-20-21-22-23-32-24-26-28-27(35-31(5,6)36-28)25-33(26)29(34)37-30(2,3)4/h14-15,26-28,32H,7-13,16-25H2,1-6H3/b15-14-/t26-,27+,28-/m1/s1. The van der Waals surface area contributed by atoms with E-state index in [0.717, 1.165) is 13.0 Å². The number of ether oxygens (including phenoxy) is 3. The number of fused-ring (bicyclic) bond motifs is 1. The smallest absolute Gasteiger partial charge is 0.410 e. The van der Waals surface area contributed by atoms with Gasteiger partial charge < -0.3 is 19.5 Å². The Hall–Kier alpha value is -1.11. The lowest BCUT2D eigenvalue weighted by Gasteiger charge is -2.31. The van der Waals surface area contributed by atoms with Gasteiger partial charge in [0.05, 0.1) is 12.6 Å². The van der Waals surface area contributed by atoms with Crippen LogP contribution in [-0.4, -0.2) is 60.3 Å². The molecule has 0 spiro atoms. The maximum absolute atomic E-state index is 12.8. The van der Waals surface area contributed by atoms with Gasteiger partial charge in [-0.05, 0) is 73.3 Å². The van der Waals surface area contributed by atoms with Crippen molar-refractivity contribution < 1.29 is 19.0 Å². The zero-order chi connectivity index (χ0) is 27.2. The van der Waals surface area contributed by atoms with Gasteiger partial charge in [-0.2, -0.15) is 0 Å². The number of nitrogens with one attached hydrogen (secondary N) is 1. The van der Waals surface area contributed by atoms with Crippen LogP contribution in [0.15, 0.2) is 12.2 Å². The van der Waals surface area contributed by atoms with Gasteiger partial charge in [0.2, 0.25) is 0 Å². The van der Waals surface area contributed by atoms with E-state index in [4.69, 9.17) is 14.2 Å². The fourth-order valence-electron chi connectivity index (χ4n) is 5.34. The summed E-state index contributed by atoms with van der Waals surface area (Å²) in [4.78, 5) is 14.6. The van der Waals surface area contributed by atoms with Gasteiger partial charge in [-0.25, -0.2) is 4.79 Å². The van der Waals surface area contributed by atoms with E-state index in [9.17, 15) is 4.79 Å². The lowest BCUT2D eigenvalue weighted by atomic mass is 10.1. The second-order valence-corrected chi connectivity index (χ2v) is 12.5. The SMILES string of the molecule is CCCCCCCC/C=C\CCCCCCCCNC[C@@H]1[C@H]2OC(C)(C)O[C@H]2CN1C(=O)OC(C)(C)C. The van der Waals surface area contributed by atoms with Crippen molar-refractivity contribution in [3.63, 3.8) is 0 Å². The zero-order valence-corrected chi connectivity index (χ0v) is 25.0. The Morgan fingerprint density at radius 3 is 2.08 bits per heavy atom. The van der Waals surface area contributed by atoms with Crippen LogP contribution in [0.3, 0.4) is 0 Å². The van der Waals surface area contributed by atoms with Crippen LogP contribution in [-0.2, 0) is 14.2 Å². The van der Waals surface area contributed by atoms with Crippen LogP contribution in [0.1, 0.15) is 131 Å². The first-order valence-corrected chi connectivity index (χ1v) is 15.3. The van der Waals surface area contributed by atoms with Gasteiger partial charge in [-0.1, -0.05) is 76.9 Å². The molecule has 0 aromatic rings. The minimum absolute atomic E-state index is 0.0734. The summed E-state index contributed by atoms with van der Waals surface area (Å²) >= 11 is 0. The van der Waals surface area contributed by atoms with Crippen molar-refractivity contribution >= 4 is 6.09 Å². The molecule has 0 aromatic heterocycles. The molecule has 2 rings (SSSR count). The van der Waals surface area contributed by atoms with Crippen LogP contribution in [0.2, 0.25) is 0 Å². The summed E-state index contributed by atoms with van der Waals surface area (Å²) < 4.78 is 17.9. The van der Waals surface area contributed by atoms with Gasteiger partial charge in [0.25, 0.3) is 0 Å². The zero-order valence-electron chi connectivity index (χ0n) is 25.0. The van der Waals surface area contributed by atoms with E-state index < -0.39 is 11.4 Å². The van der Waals surface area contributed by atoms with Gasteiger partial charge in [0.1, 0.15) is 17.8 Å². The Balaban J connectivity index is 1.52. The first-order valence-electron chi connectivity index (χ1n) is 15.3. The van der Waals surface area contributed by atoms with Crippen LogP contribution < -0.4 is 5.32 Å². The molecule has 1 N–H and O–H groups in total. The molecule has 6 heteroatoms. The highest BCUT2D eigenvalue weighted by atomic mass is 16.8. The van der Waals surface area contributed by atoms with E-state index in [1.54, 1.807) is 4.90 Å². The van der Waals surface area contributed by atoms with E-state index in [2.05, 4.69) is 24.4 Å². The summed E-state index contributed by atoms with van der Waals surface area (Å²) in [6.45, 7) is 14.0. The summed E-state index contributed by atoms with van der Waals surface area (Å²) in [5.41, 5.74) is -0.516. The maximum atomic E-state index is 12.8. The van der Waals surface area contributed by atoms with Crippen LogP contribution >= 0.6 is 0 Å². The second kappa shape index (κ2) is 16.8. The lowest BCUT2D eigenvalue weighted by Crippen LogP contribution is -2.49. The Morgan fingerprint density at radius 2 is 1.49 bits per heavy atom. The minimum Gasteiger partial charge on any atom is -0.444 e. The summed E-state index contributed by atoms with van der Waals surface area (Å²) in [6.07, 6.45) is 22.8. The van der Waals surface area contributed by atoms with Crippen LogP contribution in [0.4, 0.5) is 4.79 Å². The molecule has 0 bridgehead atoms. The van der Waals surface area contributed by atoms with Crippen molar-refractivity contribution in [2.75, 3.05) is 19.6 Å². The van der Waals surface area contributed by atoms with Crippen molar-refractivity contribution in [1.29, 1.82) is 0 Å². The van der Waals surface area contributed by atoms with Gasteiger partial charge in [0, 0.05) is 6.54 Å². The number of rotatable bonds is 18. The molecule has 6 nitrogen and oxygen atoms in total. The fraction of sp³-hybridized carbons (Fsp3) is 0.903. The normalized spacial score (nSPS) is 23.2. The quantitative estimate of drug-likeness (QED) is 0.147. The molecule has 0 aromatic carbocycles. The summed E-state index contributed by atoms with van der Waals surface area (Å²) in [5.74, 6) is -0.600. The third kappa shape index (κ3) is 13.0. The molecule has 2 fully saturated rings. The average Bonchev–Trinajstić information content (AvgIpc) is 3.29. The van der Waals surface area contributed by atoms with Crippen LogP contribution in [0.5, 0.6) is 0 Å². The van der Waals surface area contributed by atoms with E-state index in [1.807, 2.05) is 34.6 Å². The molecular weight excluding hydrogens is 464 g/mol. The molecule has 0 aliphatic carbocycles. The summed E-state index contributed by atoms with van der Waals surface area (Å²) in [6, 6.07) is -0.0734. The van der Waals surface area contributed by atoms with Crippen molar-refractivity contribution in [3.05, 3.63) is 12.2 Å². The number of allylic oxidation sites excluding steroid dienone is 2. The highest BCUT2D eigenvalue weighted by Gasteiger charge is 2.54. The monoisotopic (exact) mass is 522 g/mol. The molecule has 0 radical (unpaired) electrons. The predicted octanol–water partition coefficient (Wildman–Crippen LogP) is 7.75. The van der Waals surface area contributed by atoms with Gasteiger partial charge in [0.15, 0.2) is 5.79 Å². The van der Waals surface area contributed by atoms with E-state index in [-0.39, 0.29) is 24.3 Å². The predicted molar refractivity (Wildman–Crippen MR) is 153 cm³/mol. The average molecular weight is 523 g/mol. The molecule has 2 aliphatic rings. The highest BCUT2D eigenvalue weighted by molar-refractivity contribution is 5.69. The van der Waals surface area contributed by atoms with Crippen LogP contribution in [0.25, 0.3) is 0 Å². The van der Waals surface area contributed by atoms with E-state index in [0.29, 0.717) is 13.1 Å². The number of likely N-dealkylation sites (tertiary alicyclic amines) is 1. The fourth-order valence-corrected chi connectivity index (χ4v) is 5.34. The molecule has 216 valence electrons. The number of hydrogen-bond donors (Lipinski definition) is 1. The van der Waals surface area contributed by atoms with Crippen molar-refractivity contribution in [1.82, 2.24) is 10.2 Å². The Labute approximate surface area is 228 Å². The molecule has 3 atom stereocenters. The van der Waals surface area contributed by atoms with Gasteiger partial charge in [-0.15, -0.1) is 0 Å². The molecule has 0 saturated carbocycles. The first kappa shape index (κ1) is 32.1. The van der Waals surface area contributed by atoms with Gasteiger partial charge in [-0.3, -0.25) is 4.90 Å². The molecule has 0 unspecified atom stereocenters. The summed E-state index contributed by atoms with van der Waals surface area (Å²) in [7, 11) is 0. The number of amides is 1. The van der Waals surface area contributed by atoms with E-state index in [1.165, 1.54) is 83.5 Å². The Morgan fingerprint density at radius 1 is 0.919 bits per heavy atom. The van der Waals surface area contributed by atoms with Crippen molar-refractivity contribution in [3.8, 4) is 0 Å². The topological polar surface area (TPSA) is 60.0 Å². The maximum Gasteiger partial charge on any atom is 0.410 e. The number of carbonyl (C=O) groups is 1. The number of carbonyl (C=O) groups excluding carboxylic acids is 1. The Kier molecular flexibility index (Phi) is 14.5. The largest absolute Gasteiger partial charge is 0.444 e. The lowest BCUT2D eigenvalue weighted by molar-refractivity contribution is -0.160. The molecule has 2 heterocycles. The summed E-state index contributed by atoms with van der Waals surface area (Å²) in [5, 5.41) is 3.57. The highest BCUT2D eigenvalue weighted by Crippen LogP contribution is 2.37. The van der Waals surface area contributed by atoms with Crippen molar-refractivity contribution in [2.45, 2.75) is 161 Å². The first-order chi connectivity index (χ1) is 17.6. The molecule has 1 amide bonds. The molecule has 2 saturated heterocycles. The minimum atomic E-state index is -0.600. The Bertz CT molecular complexity index is 658. The molecule has 37 heavy (non-hydrogen) atoms. The molecule has 2 aliphatic heterocycles. The number of unbranched alkanes of at least 4 members (excludes halogenated alkanes) is 12. The number of hydrogen-bond acceptors (Lipinski definition) is 5. The second-order valence-electron chi connectivity index (χ2n) is 12.5. The third-order valence-electron chi connectivity index (χ3n) is 7.22. The third-order valence-corrected chi connectivity index (χ3v) is 7.22. The van der Waals surface area contributed by atoms with Gasteiger partial charge >= 0.3 is 6.09 Å². The van der Waals surface area contributed by atoms with Crippen LogP contribution in [0, 0.1) is 0 Å².